The summed E-state index contributed by atoms with van der Waals surface area (Å²) in [7, 11) is 0. The van der Waals surface area contributed by atoms with E-state index in [1.807, 2.05) is 18.2 Å². The zero-order valence-corrected chi connectivity index (χ0v) is 13.1. The fourth-order valence-electron chi connectivity index (χ4n) is 1.79. The smallest absolute Gasteiger partial charge is 0.236 e. The van der Waals surface area contributed by atoms with Gasteiger partial charge in [-0.25, -0.2) is 0 Å². The first kappa shape index (κ1) is 16.7. The van der Waals surface area contributed by atoms with Crippen molar-refractivity contribution in [2.45, 2.75) is 46.6 Å². The molecule has 0 aliphatic heterocycles. The standard InChI is InChI=1S/C17H28N2O/c1-13(17(2,3)4)12-19-16(20)15(18)11-10-14-8-6-5-7-9-14/h5-9,13,15H,10-12,18H2,1-4H3,(H,19,20). The third-order valence-electron chi connectivity index (χ3n) is 3.98. The highest BCUT2D eigenvalue weighted by molar-refractivity contribution is 5.81. The Labute approximate surface area is 122 Å². The average molecular weight is 276 g/mol. The molecule has 3 nitrogen and oxygen atoms in total. The summed E-state index contributed by atoms with van der Waals surface area (Å²) in [5, 5.41) is 2.96. The fourth-order valence-corrected chi connectivity index (χ4v) is 1.79. The van der Waals surface area contributed by atoms with Crippen LogP contribution in [0.3, 0.4) is 0 Å². The van der Waals surface area contributed by atoms with E-state index in [2.05, 4.69) is 45.1 Å². The Morgan fingerprint density at radius 1 is 1.25 bits per heavy atom. The number of rotatable bonds is 6. The maximum atomic E-state index is 12.0. The van der Waals surface area contributed by atoms with Crippen molar-refractivity contribution in [2.24, 2.45) is 17.1 Å². The highest BCUT2D eigenvalue weighted by Crippen LogP contribution is 2.24. The molecule has 1 aromatic rings. The van der Waals surface area contributed by atoms with Crippen molar-refractivity contribution in [3.8, 4) is 0 Å². The van der Waals surface area contributed by atoms with Crippen LogP contribution >= 0.6 is 0 Å². The number of carbonyl (C=O) groups is 1. The van der Waals surface area contributed by atoms with Gasteiger partial charge in [-0.1, -0.05) is 58.0 Å². The van der Waals surface area contributed by atoms with E-state index < -0.39 is 6.04 Å². The molecule has 0 aliphatic rings. The molecule has 0 fully saturated rings. The third kappa shape index (κ3) is 5.74. The van der Waals surface area contributed by atoms with Crippen LogP contribution in [0.5, 0.6) is 0 Å². The van der Waals surface area contributed by atoms with Gasteiger partial charge in [0.2, 0.25) is 5.91 Å². The molecule has 2 atom stereocenters. The number of nitrogens with one attached hydrogen (secondary N) is 1. The van der Waals surface area contributed by atoms with Crippen molar-refractivity contribution in [1.29, 1.82) is 0 Å². The minimum atomic E-state index is -0.428. The third-order valence-corrected chi connectivity index (χ3v) is 3.98. The Morgan fingerprint density at radius 3 is 2.40 bits per heavy atom. The van der Waals surface area contributed by atoms with Gasteiger partial charge in [-0.3, -0.25) is 4.79 Å². The summed E-state index contributed by atoms with van der Waals surface area (Å²) >= 11 is 0. The maximum Gasteiger partial charge on any atom is 0.236 e. The highest BCUT2D eigenvalue weighted by atomic mass is 16.2. The summed E-state index contributed by atoms with van der Waals surface area (Å²) in [5.74, 6) is 0.379. The van der Waals surface area contributed by atoms with Gasteiger partial charge in [-0.15, -0.1) is 0 Å². The quantitative estimate of drug-likeness (QED) is 0.839. The van der Waals surface area contributed by atoms with Gasteiger partial charge in [0.05, 0.1) is 6.04 Å². The van der Waals surface area contributed by atoms with Crippen LogP contribution < -0.4 is 11.1 Å². The lowest BCUT2D eigenvalue weighted by molar-refractivity contribution is -0.122. The molecule has 1 aromatic carbocycles. The predicted molar refractivity (Wildman–Crippen MR) is 84.4 cm³/mol. The molecule has 3 heteroatoms. The van der Waals surface area contributed by atoms with Crippen molar-refractivity contribution in [1.82, 2.24) is 5.32 Å². The summed E-state index contributed by atoms with van der Waals surface area (Å²) in [6, 6.07) is 9.70. The van der Waals surface area contributed by atoms with Gasteiger partial charge in [0.25, 0.3) is 0 Å². The molecule has 0 aromatic heterocycles. The van der Waals surface area contributed by atoms with E-state index >= 15 is 0 Å². The van der Waals surface area contributed by atoms with E-state index in [4.69, 9.17) is 5.73 Å². The number of carbonyl (C=O) groups excluding carboxylic acids is 1. The topological polar surface area (TPSA) is 55.1 Å². The normalized spacial score (nSPS) is 14.7. The Kier molecular flexibility index (Phi) is 6.21. The van der Waals surface area contributed by atoms with Gasteiger partial charge >= 0.3 is 0 Å². The Balaban J connectivity index is 2.33. The van der Waals surface area contributed by atoms with Gasteiger partial charge < -0.3 is 11.1 Å². The molecule has 3 N–H and O–H groups in total. The van der Waals surface area contributed by atoms with Crippen LogP contribution in [-0.2, 0) is 11.2 Å². The van der Waals surface area contributed by atoms with E-state index in [0.29, 0.717) is 18.9 Å². The van der Waals surface area contributed by atoms with Gasteiger partial charge in [0.1, 0.15) is 0 Å². The molecular weight excluding hydrogens is 248 g/mol. The van der Waals surface area contributed by atoms with Crippen LogP contribution in [0.15, 0.2) is 30.3 Å². The molecule has 0 spiro atoms. The number of hydrogen-bond donors (Lipinski definition) is 2. The zero-order chi connectivity index (χ0) is 15.2. The number of nitrogens with two attached hydrogens (primary N) is 1. The molecular formula is C17H28N2O. The summed E-state index contributed by atoms with van der Waals surface area (Å²) in [5.41, 5.74) is 7.37. The van der Waals surface area contributed by atoms with E-state index in [9.17, 15) is 4.79 Å². The Bertz CT molecular complexity index is 409. The van der Waals surface area contributed by atoms with Crippen LogP contribution in [0, 0.1) is 11.3 Å². The summed E-state index contributed by atoms with van der Waals surface area (Å²) in [6.07, 6.45) is 1.52. The Morgan fingerprint density at radius 2 is 1.85 bits per heavy atom. The van der Waals surface area contributed by atoms with Crippen molar-refractivity contribution in [3.63, 3.8) is 0 Å². The van der Waals surface area contributed by atoms with Crippen molar-refractivity contribution >= 4 is 5.91 Å². The lowest BCUT2D eigenvalue weighted by atomic mass is 9.82. The number of hydrogen-bond acceptors (Lipinski definition) is 2. The average Bonchev–Trinajstić information content (AvgIpc) is 2.41. The monoisotopic (exact) mass is 276 g/mol. The second kappa shape index (κ2) is 7.44. The molecule has 20 heavy (non-hydrogen) atoms. The van der Waals surface area contributed by atoms with E-state index in [0.717, 1.165) is 6.42 Å². The van der Waals surface area contributed by atoms with Crippen molar-refractivity contribution in [3.05, 3.63) is 35.9 Å². The molecule has 0 aliphatic carbocycles. The molecule has 0 saturated carbocycles. The molecule has 1 amide bonds. The van der Waals surface area contributed by atoms with Crippen LogP contribution in [0.1, 0.15) is 39.7 Å². The van der Waals surface area contributed by atoms with Crippen LogP contribution in [0.4, 0.5) is 0 Å². The molecule has 0 saturated heterocycles. The lowest BCUT2D eigenvalue weighted by Gasteiger charge is -2.27. The second-order valence-corrected chi connectivity index (χ2v) is 6.64. The molecule has 1 rings (SSSR count). The Hall–Kier alpha value is -1.35. The van der Waals surface area contributed by atoms with E-state index in [1.54, 1.807) is 0 Å². The first-order valence-corrected chi connectivity index (χ1v) is 7.38. The molecule has 0 radical (unpaired) electrons. The van der Waals surface area contributed by atoms with Crippen molar-refractivity contribution in [2.75, 3.05) is 6.54 Å². The lowest BCUT2D eigenvalue weighted by Crippen LogP contribution is -2.43. The largest absolute Gasteiger partial charge is 0.354 e. The minimum absolute atomic E-state index is 0.0444. The van der Waals surface area contributed by atoms with Gasteiger partial charge in [-0.05, 0) is 29.7 Å². The molecule has 2 unspecified atom stereocenters. The molecule has 0 heterocycles. The number of benzene rings is 1. The minimum Gasteiger partial charge on any atom is -0.354 e. The highest BCUT2D eigenvalue weighted by Gasteiger charge is 2.21. The summed E-state index contributed by atoms with van der Waals surface area (Å²) in [4.78, 5) is 12.0. The molecule has 112 valence electrons. The van der Waals surface area contributed by atoms with Crippen LogP contribution in [-0.4, -0.2) is 18.5 Å². The summed E-state index contributed by atoms with van der Waals surface area (Å²) < 4.78 is 0. The van der Waals surface area contributed by atoms with Gasteiger partial charge in [-0.2, -0.15) is 0 Å². The first-order chi connectivity index (χ1) is 9.30. The van der Waals surface area contributed by atoms with Gasteiger partial charge in [0.15, 0.2) is 0 Å². The van der Waals surface area contributed by atoms with Crippen molar-refractivity contribution < 1.29 is 4.79 Å². The van der Waals surface area contributed by atoms with Crippen LogP contribution in [0.25, 0.3) is 0 Å². The van der Waals surface area contributed by atoms with Crippen LogP contribution in [0.2, 0.25) is 0 Å². The van der Waals surface area contributed by atoms with E-state index in [1.165, 1.54) is 5.56 Å². The van der Waals surface area contributed by atoms with E-state index in [-0.39, 0.29) is 11.3 Å². The molecule has 0 bridgehead atoms. The maximum absolute atomic E-state index is 12.0. The zero-order valence-electron chi connectivity index (χ0n) is 13.1. The first-order valence-electron chi connectivity index (χ1n) is 7.38. The number of amides is 1. The second-order valence-electron chi connectivity index (χ2n) is 6.64. The SMILES string of the molecule is CC(CNC(=O)C(N)CCc1ccccc1)C(C)(C)C. The van der Waals surface area contributed by atoms with Gasteiger partial charge in [0, 0.05) is 6.54 Å². The number of aryl methyl sites for hydroxylation is 1. The predicted octanol–water partition coefficient (Wildman–Crippen LogP) is 2.74. The summed E-state index contributed by atoms with van der Waals surface area (Å²) in [6.45, 7) is 9.37. The fraction of sp³-hybridized carbons (Fsp3) is 0.588.